The van der Waals surface area contributed by atoms with Crippen LogP contribution in [0.4, 0.5) is 8.78 Å². The summed E-state index contributed by atoms with van der Waals surface area (Å²) < 4.78 is 32.8. The molecule has 1 aliphatic heterocycles. The maximum absolute atomic E-state index is 13.6. The highest BCUT2D eigenvalue weighted by Crippen LogP contribution is 2.38. The van der Waals surface area contributed by atoms with E-state index < -0.39 is 11.6 Å². The molecule has 21 heavy (non-hydrogen) atoms. The number of halogens is 2. The lowest BCUT2D eigenvalue weighted by atomic mass is 9.89. The van der Waals surface area contributed by atoms with Gasteiger partial charge in [-0.15, -0.1) is 0 Å². The standard InChI is InChI=1S/C17H15F2NO/c1-17(2)9-12(15-5-3-4-6-20-15)11-7-13(18)14(19)8-16(11)21-10-17/h3-9H,10H2,1-2H3. The summed E-state index contributed by atoms with van der Waals surface area (Å²) in [6, 6.07) is 7.80. The minimum Gasteiger partial charge on any atom is -0.492 e. The first-order valence-corrected chi connectivity index (χ1v) is 6.73. The van der Waals surface area contributed by atoms with Gasteiger partial charge in [-0.05, 0) is 18.2 Å². The van der Waals surface area contributed by atoms with Crippen LogP contribution in [0, 0.1) is 17.0 Å². The van der Waals surface area contributed by atoms with Crippen molar-refractivity contribution < 1.29 is 13.5 Å². The summed E-state index contributed by atoms with van der Waals surface area (Å²) in [6.07, 6.45) is 3.67. The lowest BCUT2D eigenvalue weighted by molar-refractivity contribution is 0.223. The van der Waals surface area contributed by atoms with Crippen LogP contribution >= 0.6 is 0 Å². The third kappa shape index (κ3) is 2.66. The van der Waals surface area contributed by atoms with Crippen LogP contribution in [0.25, 0.3) is 5.57 Å². The number of fused-ring (bicyclic) bond motifs is 1. The number of rotatable bonds is 1. The fraction of sp³-hybridized carbons (Fsp3) is 0.235. The molecule has 0 saturated carbocycles. The number of benzene rings is 1. The van der Waals surface area contributed by atoms with Crippen LogP contribution in [0.15, 0.2) is 42.6 Å². The third-order valence-electron chi connectivity index (χ3n) is 3.39. The summed E-state index contributed by atoms with van der Waals surface area (Å²) in [7, 11) is 0. The van der Waals surface area contributed by atoms with Gasteiger partial charge in [0.2, 0.25) is 0 Å². The van der Waals surface area contributed by atoms with Gasteiger partial charge in [0.05, 0.1) is 12.3 Å². The molecule has 1 aliphatic rings. The Bertz CT molecular complexity index is 708. The zero-order valence-corrected chi connectivity index (χ0v) is 11.9. The SMILES string of the molecule is CC1(C)C=C(c2ccccn2)c2cc(F)c(F)cc2OC1. The van der Waals surface area contributed by atoms with E-state index in [1.54, 1.807) is 6.20 Å². The number of ether oxygens (including phenoxy) is 1. The zero-order chi connectivity index (χ0) is 15.0. The minimum atomic E-state index is -0.908. The van der Waals surface area contributed by atoms with E-state index >= 15 is 0 Å². The minimum absolute atomic E-state index is 0.265. The number of nitrogens with zero attached hydrogens (tertiary/aromatic N) is 1. The second-order valence-corrected chi connectivity index (χ2v) is 5.81. The van der Waals surface area contributed by atoms with Crippen LogP contribution in [0.3, 0.4) is 0 Å². The largest absolute Gasteiger partial charge is 0.492 e. The summed E-state index contributed by atoms with van der Waals surface area (Å²) in [5.74, 6) is -1.45. The van der Waals surface area contributed by atoms with Crippen molar-refractivity contribution in [1.82, 2.24) is 4.98 Å². The first-order valence-electron chi connectivity index (χ1n) is 6.73. The number of hydrogen-bond acceptors (Lipinski definition) is 2. The van der Waals surface area contributed by atoms with E-state index in [4.69, 9.17) is 4.74 Å². The Kier molecular flexibility index (Phi) is 3.24. The van der Waals surface area contributed by atoms with Crippen molar-refractivity contribution in [1.29, 1.82) is 0 Å². The molecule has 0 radical (unpaired) electrons. The molecule has 1 aromatic carbocycles. The van der Waals surface area contributed by atoms with Gasteiger partial charge >= 0.3 is 0 Å². The van der Waals surface area contributed by atoms with Gasteiger partial charge < -0.3 is 4.74 Å². The Morgan fingerprint density at radius 2 is 1.90 bits per heavy atom. The molecule has 0 unspecified atom stereocenters. The van der Waals surface area contributed by atoms with Crippen molar-refractivity contribution in [2.24, 2.45) is 5.41 Å². The van der Waals surface area contributed by atoms with E-state index in [-0.39, 0.29) is 5.41 Å². The summed E-state index contributed by atoms with van der Waals surface area (Å²) in [4.78, 5) is 4.32. The average Bonchev–Trinajstić information content (AvgIpc) is 2.58. The zero-order valence-electron chi connectivity index (χ0n) is 11.9. The van der Waals surface area contributed by atoms with Gasteiger partial charge in [-0.3, -0.25) is 4.98 Å². The number of aromatic nitrogens is 1. The van der Waals surface area contributed by atoms with Crippen LogP contribution in [-0.2, 0) is 0 Å². The van der Waals surface area contributed by atoms with E-state index in [1.165, 1.54) is 6.07 Å². The fourth-order valence-corrected chi connectivity index (χ4v) is 2.37. The summed E-state index contributed by atoms with van der Waals surface area (Å²) in [6.45, 7) is 4.41. The van der Waals surface area contributed by atoms with Gasteiger partial charge in [0.1, 0.15) is 5.75 Å². The maximum Gasteiger partial charge on any atom is 0.162 e. The van der Waals surface area contributed by atoms with Crippen molar-refractivity contribution in [3.05, 3.63) is 65.5 Å². The maximum atomic E-state index is 13.6. The average molecular weight is 287 g/mol. The summed E-state index contributed by atoms with van der Waals surface area (Å²) >= 11 is 0. The number of pyridine rings is 1. The van der Waals surface area contributed by atoms with Gasteiger partial charge in [-0.2, -0.15) is 0 Å². The third-order valence-corrected chi connectivity index (χ3v) is 3.39. The Morgan fingerprint density at radius 1 is 1.14 bits per heavy atom. The van der Waals surface area contributed by atoms with Crippen LogP contribution in [-0.4, -0.2) is 11.6 Å². The van der Waals surface area contributed by atoms with Gasteiger partial charge in [0.15, 0.2) is 11.6 Å². The van der Waals surface area contributed by atoms with Gasteiger partial charge in [-0.1, -0.05) is 26.0 Å². The molecule has 0 amide bonds. The Morgan fingerprint density at radius 3 is 2.62 bits per heavy atom. The molecule has 0 spiro atoms. The summed E-state index contributed by atoms with van der Waals surface area (Å²) in [5.41, 5.74) is 1.73. The monoisotopic (exact) mass is 287 g/mol. The molecule has 4 heteroatoms. The molecular weight excluding hydrogens is 272 g/mol. The normalized spacial score (nSPS) is 16.5. The summed E-state index contributed by atoms with van der Waals surface area (Å²) in [5, 5.41) is 0. The molecule has 0 N–H and O–H groups in total. The van der Waals surface area contributed by atoms with Gasteiger partial charge in [0, 0.05) is 28.8 Å². The molecule has 0 atom stereocenters. The molecule has 0 saturated heterocycles. The first kappa shape index (κ1) is 13.7. The Labute approximate surface area is 122 Å². The molecule has 0 bridgehead atoms. The van der Waals surface area contributed by atoms with Crippen LogP contribution < -0.4 is 4.74 Å². The van der Waals surface area contributed by atoms with Gasteiger partial charge in [0.25, 0.3) is 0 Å². The van der Waals surface area contributed by atoms with Crippen LogP contribution in [0.5, 0.6) is 5.75 Å². The van der Waals surface area contributed by atoms with Crippen molar-refractivity contribution >= 4 is 5.57 Å². The van der Waals surface area contributed by atoms with Crippen molar-refractivity contribution in [3.63, 3.8) is 0 Å². The molecule has 0 fully saturated rings. The van der Waals surface area contributed by atoms with E-state index in [9.17, 15) is 8.78 Å². The predicted octanol–water partition coefficient (Wildman–Crippen LogP) is 4.21. The smallest absolute Gasteiger partial charge is 0.162 e. The topological polar surface area (TPSA) is 22.1 Å². The lowest BCUT2D eigenvalue weighted by Gasteiger charge is -2.18. The molecule has 2 aromatic rings. The highest BCUT2D eigenvalue weighted by molar-refractivity contribution is 5.82. The Hall–Kier alpha value is -2.23. The molecule has 0 aliphatic carbocycles. The van der Waals surface area contributed by atoms with Crippen molar-refractivity contribution in [3.8, 4) is 5.75 Å². The molecule has 3 rings (SSSR count). The van der Waals surface area contributed by atoms with Crippen LogP contribution in [0.1, 0.15) is 25.1 Å². The second kappa shape index (κ2) is 4.95. The quantitative estimate of drug-likeness (QED) is 0.784. The fourth-order valence-electron chi connectivity index (χ4n) is 2.37. The predicted molar refractivity (Wildman–Crippen MR) is 77.0 cm³/mol. The van der Waals surface area contributed by atoms with E-state index in [0.717, 1.165) is 11.6 Å². The van der Waals surface area contributed by atoms with E-state index in [0.29, 0.717) is 23.6 Å². The molecule has 108 valence electrons. The highest BCUT2D eigenvalue weighted by atomic mass is 19.2. The molecule has 1 aromatic heterocycles. The van der Waals surface area contributed by atoms with Gasteiger partial charge in [-0.25, -0.2) is 8.78 Å². The highest BCUT2D eigenvalue weighted by Gasteiger charge is 2.26. The lowest BCUT2D eigenvalue weighted by Crippen LogP contribution is -2.17. The number of hydrogen-bond donors (Lipinski definition) is 0. The molecule has 2 nitrogen and oxygen atoms in total. The molecule has 2 heterocycles. The van der Waals surface area contributed by atoms with E-state index in [1.807, 2.05) is 38.1 Å². The van der Waals surface area contributed by atoms with E-state index in [2.05, 4.69) is 4.98 Å². The van der Waals surface area contributed by atoms with Crippen molar-refractivity contribution in [2.45, 2.75) is 13.8 Å². The second-order valence-electron chi connectivity index (χ2n) is 5.81. The first-order chi connectivity index (χ1) is 9.96. The van der Waals surface area contributed by atoms with Crippen LogP contribution in [0.2, 0.25) is 0 Å². The van der Waals surface area contributed by atoms with Crippen molar-refractivity contribution in [2.75, 3.05) is 6.61 Å². The Balaban J connectivity index is 2.24. The molecular formula is C17H15F2NO.